The summed E-state index contributed by atoms with van der Waals surface area (Å²) in [7, 11) is 0. The molecule has 1 atom stereocenters. The summed E-state index contributed by atoms with van der Waals surface area (Å²) >= 11 is 1.71. The Morgan fingerprint density at radius 1 is 1.31 bits per heavy atom. The van der Waals surface area contributed by atoms with Gasteiger partial charge in [-0.1, -0.05) is 45.6 Å². The number of fused-ring (bicyclic) bond motifs is 1. The lowest BCUT2D eigenvalue weighted by molar-refractivity contribution is 0.101. The summed E-state index contributed by atoms with van der Waals surface area (Å²) in [5, 5.41) is 6.78. The molecular formula is C27H42FN3S. The molecule has 1 aliphatic rings. The van der Waals surface area contributed by atoms with Gasteiger partial charge in [-0.05, 0) is 75.9 Å². The largest absolute Gasteiger partial charge is 0.344 e. The second-order valence-electron chi connectivity index (χ2n) is 9.22. The third-order valence-electron chi connectivity index (χ3n) is 5.45. The molecule has 2 heterocycles. The Hall–Kier alpha value is -1.85. The zero-order valence-corrected chi connectivity index (χ0v) is 21.3. The molecule has 1 N–H and O–H groups in total. The number of nitrogens with one attached hydrogen (secondary N) is 1. The van der Waals surface area contributed by atoms with E-state index in [-0.39, 0.29) is 1.43 Å². The average Bonchev–Trinajstić information content (AvgIpc) is 2.73. The van der Waals surface area contributed by atoms with Crippen LogP contribution in [0.5, 0.6) is 0 Å². The van der Waals surface area contributed by atoms with E-state index in [2.05, 4.69) is 68.4 Å². The maximum atomic E-state index is 13.9. The Bertz CT molecular complexity index is 889. The number of anilines is 1. The van der Waals surface area contributed by atoms with Gasteiger partial charge in [0, 0.05) is 30.2 Å². The van der Waals surface area contributed by atoms with Gasteiger partial charge in [0.25, 0.3) is 0 Å². The zero-order valence-electron chi connectivity index (χ0n) is 20.5. The van der Waals surface area contributed by atoms with E-state index >= 15 is 0 Å². The van der Waals surface area contributed by atoms with Crippen LogP contribution in [0.15, 0.2) is 54.6 Å². The molecule has 5 heteroatoms. The number of halogens is 1. The number of hydrogen-bond donors (Lipinski definition) is 1. The molecule has 0 aliphatic carbocycles. The lowest BCUT2D eigenvalue weighted by Crippen LogP contribution is -2.41. The van der Waals surface area contributed by atoms with Crippen LogP contribution >= 0.6 is 11.8 Å². The van der Waals surface area contributed by atoms with Crippen molar-refractivity contribution in [1.82, 2.24) is 9.88 Å². The predicted molar refractivity (Wildman–Crippen MR) is 143 cm³/mol. The summed E-state index contributed by atoms with van der Waals surface area (Å²) < 4.78 is 13.9. The highest BCUT2D eigenvalue weighted by Crippen LogP contribution is 2.31. The van der Waals surface area contributed by atoms with Gasteiger partial charge in [0.2, 0.25) is 0 Å². The van der Waals surface area contributed by atoms with Gasteiger partial charge < -0.3 is 10.2 Å². The highest BCUT2D eigenvalue weighted by Gasteiger charge is 2.26. The monoisotopic (exact) mass is 459 g/mol. The molecule has 0 bridgehead atoms. The Morgan fingerprint density at radius 3 is 2.53 bits per heavy atom. The standard InChI is InChI=1S/C24H32FN3S.C3H8.H2/c1-6-29-18(3)21-8-7-20-9-10-23(27-22(20)15-21)26-17(2)19-11-13-28(14-12-19)16-24(4,5)25;1-3-2;/h6-10,15,18-19H,1-2,11-14,16H2,3-5H3,(H,26,27);3H2,1-2H3;1H. The topological polar surface area (TPSA) is 28.2 Å². The van der Waals surface area contributed by atoms with Crippen molar-refractivity contribution in [2.45, 2.75) is 64.8 Å². The van der Waals surface area contributed by atoms with Gasteiger partial charge >= 0.3 is 0 Å². The number of nitrogens with zero attached hydrogens (tertiary/aromatic N) is 2. The second kappa shape index (κ2) is 12.4. The number of benzene rings is 1. The fourth-order valence-corrected chi connectivity index (χ4v) is 4.51. The molecule has 3 nitrogen and oxygen atoms in total. The van der Waals surface area contributed by atoms with E-state index in [1.54, 1.807) is 25.6 Å². The van der Waals surface area contributed by atoms with Gasteiger partial charge in [-0.25, -0.2) is 9.37 Å². The van der Waals surface area contributed by atoms with Gasteiger partial charge in [0.05, 0.1) is 5.52 Å². The number of alkyl halides is 1. The number of rotatable bonds is 8. The Kier molecular flexibility index (Phi) is 10.2. The molecule has 0 saturated carbocycles. The summed E-state index contributed by atoms with van der Waals surface area (Å²) in [4.78, 5) is 7.02. The molecule has 0 spiro atoms. The number of likely N-dealkylation sites (tertiary alicyclic amines) is 1. The quantitative estimate of drug-likeness (QED) is 0.430. The van der Waals surface area contributed by atoms with Gasteiger partial charge in [-0.15, -0.1) is 11.8 Å². The van der Waals surface area contributed by atoms with E-state index in [4.69, 9.17) is 4.98 Å². The Balaban J connectivity index is 0.00000129. The normalized spacial score (nSPS) is 16.2. The van der Waals surface area contributed by atoms with Crippen LogP contribution < -0.4 is 5.32 Å². The minimum absolute atomic E-state index is 0. The van der Waals surface area contributed by atoms with Crippen LogP contribution in [0.1, 0.15) is 66.1 Å². The van der Waals surface area contributed by atoms with Gasteiger partial charge in [-0.3, -0.25) is 0 Å². The third-order valence-corrected chi connectivity index (χ3v) is 6.33. The highest BCUT2D eigenvalue weighted by atomic mass is 32.2. The molecule has 32 heavy (non-hydrogen) atoms. The Morgan fingerprint density at radius 2 is 1.94 bits per heavy atom. The number of thioether (sulfide) groups is 1. The SMILES string of the molecule is C=CSC(C)c1ccc2ccc(NC(=C)C3CCN(CC(C)(C)F)CC3)nc2c1.CCC.[HH]. The summed E-state index contributed by atoms with van der Waals surface area (Å²) in [6, 6.07) is 10.5. The van der Waals surface area contributed by atoms with Crippen LogP contribution in [-0.2, 0) is 0 Å². The smallest absolute Gasteiger partial charge is 0.130 e. The Labute approximate surface area is 200 Å². The molecule has 3 rings (SSSR count). The molecule has 1 saturated heterocycles. The van der Waals surface area contributed by atoms with Gasteiger partial charge in [0.1, 0.15) is 11.5 Å². The van der Waals surface area contributed by atoms with Crippen LogP contribution in [-0.4, -0.2) is 35.2 Å². The van der Waals surface area contributed by atoms with Crippen molar-refractivity contribution < 1.29 is 5.82 Å². The van der Waals surface area contributed by atoms with Crippen molar-refractivity contribution >= 4 is 28.5 Å². The summed E-state index contributed by atoms with van der Waals surface area (Å²) in [6.07, 6.45) is 3.24. The van der Waals surface area contributed by atoms with Gasteiger partial charge in [0.15, 0.2) is 0 Å². The van der Waals surface area contributed by atoms with E-state index in [1.807, 2.05) is 11.5 Å². The van der Waals surface area contributed by atoms with Crippen LogP contribution in [0.4, 0.5) is 10.2 Å². The van der Waals surface area contributed by atoms with Crippen molar-refractivity contribution in [3.63, 3.8) is 0 Å². The molecule has 2 aromatic rings. The maximum Gasteiger partial charge on any atom is 0.130 e. The summed E-state index contributed by atoms with van der Waals surface area (Å²) in [5.41, 5.74) is 2.09. The predicted octanol–water partition coefficient (Wildman–Crippen LogP) is 8.22. The van der Waals surface area contributed by atoms with E-state index in [0.29, 0.717) is 17.7 Å². The molecule has 1 unspecified atom stereocenters. The van der Waals surface area contributed by atoms with Crippen molar-refractivity contribution in [2.24, 2.45) is 5.92 Å². The molecular weight excluding hydrogens is 417 g/mol. The molecule has 0 amide bonds. The number of hydrogen-bond acceptors (Lipinski definition) is 4. The zero-order chi connectivity index (χ0) is 23.7. The van der Waals surface area contributed by atoms with Crippen molar-refractivity contribution in [1.29, 1.82) is 0 Å². The van der Waals surface area contributed by atoms with Gasteiger partial charge in [-0.2, -0.15) is 0 Å². The van der Waals surface area contributed by atoms with E-state index < -0.39 is 5.67 Å². The van der Waals surface area contributed by atoms with Crippen LogP contribution in [0, 0.1) is 5.92 Å². The molecule has 1 aromatic heterocycles. The van der Waals surface area contributed by atoms with Crippen molar-refractivity contribution in [2.75, 3.05) is 25.0 Å². The number of pyridine rings is 1. The maximum absolute atomic E-state index is 13.9. The first kappa shape index (κ1) is 26.4. The lowest BCUT2D eigenvalue weighted by atomic mass is 9.93. The second-order valence-corrected chi connectivity index (χ2v) is 10.5. The lowest BCUT2D eigenvalue weighted by Gasteiger charge is -2.35. The van der Waals surface area contributed by atoms with E-state index in [1.165, 1.54) is 12.0 Å². The highest BCUT2D eigenvalue weighted by molar-refractivity contribution is 8.02. The fourth-order valence-electron chi connectivity index (χ4n) is 3.92. The number of aromatic nitrogens is 1. The molecule has 1 aromatic carbocycles. The number of piperidine rings is 1. The first-order valence-corrected chi connectivity index (χ1v) is 12.6. The summed E-state index contributed by atoms with van der Waals surface area (Å²) in [6.45, 7) is 20.1. The fraction of sp³-hybridized carbons (Fsp3) is 0.519. The van der Waals surface area contributed by atoms with E-state index in [0.717, 1.165) is 48.3 Å². The van der Waals surface area contributed by atoms with Crippen LogP contribution in [0.2, 0.25) is 0 Å². The minimum atomic E-state index is -1.14. The number of allylic oxidation sites excluding steroid dienone is 1. The first-order valence-electron chi connectivity index (χ1n) is 11.7. The molecule has 1 aliphatic heterocycles. The first-order chi connectivity index (χ1) is 15.2. The van der Waals surface area contributed by atoms with Crippen molar-refractivity contribution in [3.8, 4) is 0 Å². The third kappa shape index (κ3) is 8.25. The molecule has 178 valence electrons. The summed E-state index contributed by atoms with van der Waals surface area (Å²) in [5.74, 6) is 1.22. The molecule has 1 fully saturated rings. The van der Waals surface area contributed by atoms with Crippen LogP contribution in [0.3, 0.4) is 0 Å². The van der Waals surface area contributed by atoms with E-state index in [9.17, 15) is 4.39 Å². The minimum Gasteiger partial charge on any atom is -0.344 e. The average molecular weight is 460 g/mol. The molecule has 0 radical (unpaired) electrons. The van der Waals surface area contributed by atoms with Crippen molar-refractivity contribution in [3.05, 3.63) is 60.2 Å². The van der Waals surface area contributed by atoms with Crippen LogP contribution in [0.25, 0.3) is 10.9 Å².